The Kier molecular flexibility index (Phi) is 6.01. The molecule has 11 rings (SSSR count). The summed E-state index contributed by atoms with van der Waals surface area (Å²) in [6, 6.07) is 58.8. The van der Waals surface area contributed by atoms with Gasteiger partial charge in [-0.1, -0.05) is 117 Å². The van der Waals surface area contributed by atoms with E-state index in [2.05, 4.69) is 164 Å². The molecular formula is C49H33NO2. The molecule has 0 radical (unpaired) electrons. The Morgan fingerprint density at radius 3 is 1.88 bits per heavy atom. The second kappa shape index (κ2) is 10.7. The van der Waals surface area contributed by atoms with Crippen molar-refractivity contribution < 1.29 is 8.83 Å². The normalized spacial score (nSPS) is 13.3. The zero-order chi connectivity index (χ0) is 34.6. The minimum absolute atomic E-state index is 0.0617. The van der Waals surface area contributed by atoms with E-state index in [0.717, 1.165) is 82.8 Å². The molecule has 3 nitrogen and oxygen atoms in total. The molecule has 52 heavy (non-hydrogen) atoms. The van der Waals surface area contributed by atoms with Crippen LogP contribution in [0.4, 0.5) is 17.1 Å². The summed E-state index contributed by atoms with van der Waals surface area (Å²) in [5, 5.41) is 6.83. The molecule has 0 atom stereocenters. The molecule has 1 aliphatic carbocycles. The first-order chi connectivity index (χ1) is 25.5. The minimum atomic E-state index is -0.0617. The average Bonchev–Trinajstić information content (AvgIpc) is 3.82. The molecule has 1 aliphatic rings. The number of furan rings is 2. The molecule has 10 aromatic rings. The SMILES string of the molecule is CC1(C)c2ccccc2-c2cc(N(c3ccc(-c4cccc5ccc6c7ccccc7oc6c45)cc3)c3ccc4c(c3)oc3ccccc34)ccc21. The summed E-state index contributed by atoms with van der Waals surface area (Å²) in [7, 11) is 0. The van der Waals surface area contributed by atoms with Crippen molar-refractivity contribution in [2.24, 2.45) is 0 Å². The zero-order valence-electron chi connectivity index (χ0n) is 28.9. The maximum Gasteiger partial charge on any atom is 0.143 e. The van der Waals surface area contributed by atoms with E-state index in [4.69, 9.17) is 8.83 Å². The van der Waals surface area contributed by atoms with E-state index in [1.165, 1.54) is 22.3 Å². The highest BCUT2D eigenvalue weighted by atomic mass is 16.3. The summed E-state index contributed by atoms with van der Waals surface area (Å²) in [4.78, 5) is 2.35. The van der Waals surface area contributed by atoms with Crippen molar-refractivity contribution in [3.8, 4) is 22.3 Å². The number of fused-ring (bicyclic) bond motifs is 11. The van der Waals surface area contributed by atoms with Gasteiger partial charge in [0.1, 0.15) is 22.3 Å². The van der Waals surface area contributed by atoms with Crippen LogP contribution in [0, 0.1) is 0 Å². The van der Waals surface area contributed by atoms with Crippen LogP contribution in [0.5, 0.6) is 0 Å². The largest absolute Gasteiger partial charge is 0.456 e. The lowest BCUT2D eigenvalue weighted by molar-refractivity contribution is 0.660. The molecule has 246 valence electrons. The highest BCUT2D eigenvalue weighted by Crippen LogP contribution is 2.51. The van der Waals surface area contributed by atoms with Gasteiger partial charge in [-0.3, -0.25) is 0 Å². The third-order valence-corrected chi connectivity index (χ3v) is 11.3. The zero-order valence-corrected chi connectivity index (χ0v) is 28.9. The van der Waals surface area contributed by atoms with Gasteiger partial charge in [-0.25, -0.2) is 0 Å². The second-order valence-electron chi connectivity index (χ2n) is 14.5. The Labute approximate surface area is 301 Å². The van der Waals surface area contributed by atoms with Crippen molar-refractivity contribution in [2.75, 3.05) is 4.90 Å². The fourth-order valence-corrected chi connectivity index (χ4v) is 8.73. The monoisotopic (exact) mass is 667 g/mol. The van der Waals surface area contributed by atoms with Gasteiger partial charge in [0.25, 0.3) is 0 Å². The second-order valence-corrected chi connectivity index (χ2v) is 14.5. The van der Waals surface area contributed by atoms with Crippen LogP contribution in [0.2, 0.25) is 0 Å². The van der Waals surface area contributed by atoms with Gasteiger partial charge in [-0.15, -0.1) is 0 Å². The van der Waals surface area contributed by atoms with Gasteiger partial charge in [0.2, 0.25) is 0 Å². The number of hydrogen-bond acceptors (Lipinski definition) is 3. The van der Waals surface area contributed by atoms with E-state index in [1.807, 2.05) is 18.2 Å². The number of benzene rings is 8. The highest BCUT2D eigenvalue weighted by Gasteiger charge is 2.35. The maximum absolute atomic E-state index is 6.52. The van der Waals surface area contributed by atoms with E-state index < -0.39 is 0 Å². The summed E-state index contributed by atoms with van der Waals surface area (Å²) < 4.78 is 12.9. The molecule has 0 N–H and O–H groups in total. The predicted octanol–water partition coefficient (Wildman–Crippen LogP) is 14.1. The van der Waals surface area contributed by atoms with Gasteiger partial charge in [0.15, 0.2) is 0 Å². The van der Waals surface area contributed by atoms with E-state index in [0.29, 0.717) is 0 Å². The number of para-hydroxylation sites is 2. The molecule has 0 saturated carbocycles. The van der Waals surface area contributed by atoms with Crippen molar-refractivity contribution >= 4 is 71.7 Å². The fraction of sp³-hybridized carbons (Fsp3) is 0.0612. The Morgan fingerprint density at radius 1 is 0.423 bits per heavy atom. The molecule has 3 heteroatoms. The summed E-state index contributed by atoms with van der Waals surface area (Å²) in [5.41, 5.74) is 14.4. The van der Waals surface area contributed by atoms with Gasteiger partial charge >= 0.3 is 0 Å². The molecule has 2 aromatic heterocycles. The Bertz CT molecular complexity index is 3050. The van der Waals surface area contributed by atoms with Gasteiger partial charge in [-0.05, 0) is 93.4 Å². The topological polar surface area (TPSA) is 29.5 Å². The van der Waals surface area contributed by atoms with Crippen LogP contribution in [0.25, 0.3) is 76.9 Å². The Morgan fingerprint density at radius 2 is 1.04 bits per heavy atom. The Hall–Kier alpha value is -6.58. The van der Waals surface area contributed by atoms with Crippen molar-refractivity contribution in [1.82, 2.24) is 0 Å². The molecular weight excluding hydrogens is 635 g/mol. The summed E-state index contributed by atoms with van der Waals surface area (Å²) >= 11 is 0. The fourth-order valence-electron chi connectivity index (χ4n) is 8.73. The van der Waals surface area contributed by atoms with Crippen molar-refractivity contribution in [2.45, 2.75) is 19.3 Å². The van der Waals surface area contributed by atoms with E-state index in [-0.39, 0.29) is 5.41 Å². The lowest BCUT2D eigenvalue weighted by atomic mass is 9.82. The van der Waals surface area contributed by atoms with Crippen molar-refractivity contribution in [1.29, 1.82) is 0 Å². The molecule has 8 aromatic carbocycles. The quantitative estimate of drug-likeness (QED) is 0.187. The summed E-state index contributed by atoms with van der Waals surface area (Å²) in [6.45, 7) is 4.66. The number of hydrogen-bond donors (Lipinski definition) is 0. The van der Waals surface area contributed by atoms with Gasteiger partial charge in [0, 0.05) is 55.5 Å². The first-order valence-electron chi connectivity index (χ1n) is 17.9. The number of anilines is 3. The lowest BCUT2D eigenvalue weighted by Gasteiger charge is -2.27. The smallest absolute Gasteiger partial charge is 0.143 e. The van der Waals surface area contributed by atoms with E-state index in [9.17, 15) is 0 Å². The van der Waals surface area contributed by atoms with Crippen LogP contribution in [0.3, 0.4) is 0 Å². The van der Waals surface area contributed by atoms with E-state index in [1.54, 1.807) is 0 Å². The average molecular weight is 668 g/mol. The highest BCUT2D eigenvalue weighted by molar-refractivity contribution is 6.19. The molecule has 0 unspecified atom stereocenters. The summed E-state index contributed by atoms with van der Waals surface area (Å²) in [6.07, 6.45) is 0. The van der Waals surface area contributed by atoms with Gasteiger partial charge < -0.3 is 13.7 Å². The molecule has 0 spiro atoms. The molecule has 0 aliphatic heterocycles. The number of nitrogens with zero attached hydrogens (tertiary/aromatic N) is 1. The van der Waals surface area contributed by atoms with Crippen molar-refractivity contribution in [3.05, 3.63) is 175 Å². The molecule has 0 bridgehead atoms. The van der Waals surface area contributed by atoms with Crippen LogP contribution in [-0.4, -0.2) is 0 Å². The van der Waals surface area contributed by atoms with Crippen LogP contribution in [-0.2, 0) is 5.41 Å². The first-order valence-corrected chi connectivity index (χ1v) is 17.9. The van der Waals surface area contributed by atoms with Gasteiger partial charge in [0.05, 0.1) is 0 Å². The third kappa shape index (κ3) is 4.14. The van der Waals surface area contributed by atoms with Crippen molar-refractivity contribution in [3.63, 3.8) is 0 Å². The maximum atomic E-state index is 6.52. The molecule has 0 amide bonds. The molecule has 0 saturated heterocycles. The number of rotatable bonds is 4. The van der Waals surface area contributed by atoms with Gasteiger partial charge in [-0.2, -0.15) is 0 Å². The van der Waals surface area contributed by atoms with Crippen LogP contribution >= 0.6 is 0 Å². The minimum Gasteiger partial charge on any atom is -0.456 e. The third-order valence-electron chi connectivity index (χ3n) is 11.3. The standard InChI is InChI=1S/C49H33NO2/c1-49(2)42-15-6-3-11-36(42)41-28-33(24-27-43(41)49)50(34-23-26-39-37-12-4-7-16-44(37)51-46(39)29-34)32-21-18-30(19-22-32)35-14-9-10-31-20-25-40-38-13-5-8-17-45(38)52-48(40)47(31)35/h3-29H,1-2H3. The van der Waals surface area contributed by atoms with E-state index >= 15 is 0 Å². The summed E-state index contributed by atoms with van der Waals surface area (Å²) in [5.74, 6) is 0. The molecule has 2 heterocycles. The van der Waals surface area contributed by atoms with Crippen LogP contribution in [0.1, 0.15) is 25.0 Å². The lowest BCUT2D eigenvalue weighted by Crippen LogP contribution is -2.15. The predicted molar refractivity (Wildman–Crippen MR) is 216 cm³/mol. The Balaban J connectivity index is 1.09. The molecule has 0 fully saturated rings. The van der Waals surface area contributed by atoms with Crippen LogP contribution < -0.4 is 4.90 Å². The first kappa shape index (κ1) is 29.2. The van der Waals surface area contributed by atoms with Crippen LogP contribution in [0.15, 0.2) is 173 Å².